The minimum absolute atomic E-state index is 0.0454. The number of nitro groups is 1. The zero-order chi connectivity index (χ0) is 15.1. The van der Waals surface area contributed by atoms with E-state index in [1.54, 1.807) is 36.5 Å². The van der Waals surface area contributed by atoms with Crippen LogP contribution in [0.2, 0.25) is 0 Å². The normalized spacial score (nSPS) is 9.90. The van der Waals surface area contributed by atoms with E-state index >= 15 is 0 Å². The van der Waals surface area contributed by atoms with Crippen LogP contribution in [0.1, 0.15) is 10.5 Å². The molecule has 2 N–H and O–H groups in total. The summed E-state index contributed by atoms with van der Waals surface area (Å²) < 4.78 is 0. The molecule has 7 nitrogen and oxygen atoms in total. The Morgan fingerprint density at radius 2 is 1.90 bits per heavy atom. The van der Waals surface area contributed by atoms with Crippen LogP contribution in [0.3, 0.4) is 0 Å². The van der Waals surface area contributed by atoms with Crippen LogP contribution in [0.5, 0.6) is 0 Å². The number of pyridine rings is 1. The average Bonchev–Trinajstić information content (AvgIpc) is 2.52. The number of hydrogen-bond donors (Lipinski definition) is 2. The molecule has 0 unspecified atom stereocenters. The molecule has 0 saturated heterocycles. The molecule has 0 saturated carbocycles. The number of nitrogens with zero attached hydrogens (tertiary/aromatic N) is 2. The molecule has 1 aromatic carbocycles. The third kappa shape index (κ3) is 4.27. The summed E-state index contributed by atoms with van der Waals surface area (Å²) in [6.07, 6.45) is 1.56. The topological polar surface area (TPSA) is 97.2 Å². The van der Waals surface area contributed by atoms with Gasteiger partial charge in [0.05, 0.1) is 4.92 Å². The van der Waals surface area contributed by atoms with E-state index < -0.39 is 4.92 Å². The largest absolute Gasteiger partial charge is 0.383 e. The van der Waals surface area contributed by atoms with Gasteiger partial charge < -0.3 is 10.6 Å². The number of carbonyl (C=O) groups excluding carboxylic acids is 1. The molecule has 0 aliphatic rings. The van der Waals surface area contributed by atoms with Gasteiger partial charge in [-0.3, -0.25) is 19.9 Å². The number of rotatable bonds is 6. The molecule has 0 aliphatic carbocycles. The van der Waals surface area contributed by atoms with Crippen molar-refractivity contribution in [3.05, 3.63) is 64.5 Å². The van der Waals surface area contributed by atoms with Gasteiger partial charge in [0.1, 0.15) is 5.69 Å². The van der Waals surface area contributed by atoms with E-state index in [0.29, 0.717) is 18.8 Å². The van der Waals surface area contributed by atoms with E-state index in [0.717, 1.165) is 5.69 Å². The molecule has 108 valence electrons. The molecular formula is C14H14N4O3. The van der Waals surface area contributed by atoms with E-state index in [9.17, 15) is 14.9 Å². The van der Waals surface area contributed by atoms with Crippen LogP contribution in [-0.2, 0) is 0 Å². The Balaban J connectivity index is 1.75. The highest BCUT2D eigenvalue weighted by Gasteiger charge is 2.05. The Bertz CT molecular complexity index is 614. The predicted molar refractivity (Wildman–Crippen MR) is 78.2 cm³/mol. The van der Waals surface area contributed by atoms with Crippen molar-refractivity contribution in [2.45, 2.75) is 0 Å². The van der Waals surface area contributed by atoms with E-state index in [-0.39, 0.29) is 11.6 Å². The summed E-state index contributed by atoms with van der Waals surface area (Å²) in [6.45, 7) is 0.933. The van der Waals surface area contributed by atoms with Crippen LogP contribution in [0.4, 0.5) is 11.4 Å². The number of benzene rings is 1. The minimum atomic E-state index is -0.448. The second-order valence-corrected chi connectivity index (χ2v) is 4.20. The summed E-state index contributed by atoms with van der Waals surface area (Å²) >= 11 is 0. The Morgan fingerprint density at radius 1 is 1.14 bits per heavy atom. The molecule has 7 heteroatoms. The maximum absolute atomic E-state index is 11.7. The lowest BCUT2D eigenvalue weighted by Crippen LogP contribution is -2.29. The van der Waals surface area contributed by atoms with Crippen LogP contribution in [0.25, 0.3) is 0 Å². The predicted octanol–water partition coefficient (Wildman–Crippen LogP) is 1.83. The van der Waals surface area contributed by atoms with Crippen molar-refractivity contribution in [2.24, 2.45) is 0 Å². The van der Waals surface area contributed by atoms with Crippen molar-refractivity contribution in [3.8, 4) is 0 Å². The van der Waals surface area contributed by atoms with Gasteiger partial charge in [0.25, 0.3) is 11.6 Å². The van der Waals surface area contributed by atoms with E-state index in [4.69, 9.17) is 0 Å². The summed E-state index contributed by atoms with van der Waals surface area (Å²) in [7, 11) is 0. The average molecular weight is 286 g/mol. The molecule has 1 heterocycles. The van der Waals surface area contributed by atoms with Crippen LogP contribution < -0.4 is 10.6 Å². The third-order valence-corrected chi connectivity index (χ3v) is 2.72. The summed E-state index contributed by atoms with van der Waals surface area (Å²) in [4.78, 5) is 25.7. The quantitative estimate of drug-likeness (QED) is 0.479. The zero-order valence-electron chi connectivity index (χ0n) is 11.2. The molecule has 2 rings (SSSR count). The minimum Gasteiger partial charge on any atom is -0.383 e. The van der Waals surface area contributed by atoms with Crippen LogP contribution in [-0.4, -0.2) is 28.9 Å². The van der Waals surface area contributed by atoms with Gasteiger partial charge in [0.2, 0.25) is 0 Å². The lowest BCUT2D eigenvalue weighted by atomic mass is 10.3. The first-order valence-corrected chi connectivity index (χ1v) is 6.34. The number of hydrogen-bond acceptors (Lipinski definition) is 5. The molecule has 1 amide bonds. The highest BCUT2D eigenvalue weighted by Crippen LogP contribution is 2.14. The standard InChI is InChI=1S/C14H14N4O3/c19-14(13-3-1-2-8-16-13)17-10-9-15-11-4-6-12(7-5-11)18(20)21/h1-8,15H,9-10H2,(H,17,19). The van der Waals surface area contributed by atoms with Gasteiger partial charge in [-0.2, -0.15) is 0 Å². The maximum atomic E-state index is 11.7. The SMILES string of the molecule is O=C(NCCNc1ccc([N+](=O)[O-])cc1)c1ccccn1. The Kier molecular flexibility index (Phi) is 4.81. The van der Waals surface area contributed by atoms with Gasteiger partial charge in [0, 0.05) is 37.1 Å². The number of carbonyl (C=O) groups is 1. The van der Waals surface area contributed by atoms with E-state index in [1.165, 1.54) is 12.1 Å². The Morgan fingerprint density at radius 3 is 2.52 bits per heavy atom. The van der Waals surface area contributed by atoms with E-state index in [1.807, 2.05) is 0 Å². The number of nitro benzene ring substituents is 1. The molecule has 21 heavy (non-hydrogen) atoms. The molecule has 0 aliphatic heterocycles. The van der Waals surface area contributed by atoms with Crippen molar-refractivity contribution < 1.29 is 9.72 Å². The molecule has 0 spiro atoms. The number of amides is 1. The van der Waals surface area contributed by atoms with Gasteiger partial charge in [-0.25, -0.2) is 0 Å². The van der Waals surface area contributed by atoms with Crippen molar-refractivity contribution >= 4 is 17.3 Å². The maximum Gasteiger partial charge on any atom is 0.269 e. The first-order valence-electron chi connectivity index (χ1n) is 6.34. The summed E-state index contributed by atoms with van der Waals surface area (Å²) in [5, 5.41) is 16.3. The van der Waals surface area contributed by atoms with Crippen LogP contribution in [0, 0.1) is 10.1 Å². The molecule has 1 aromatic heterocycles. The van der Waals surface area contributed by atoms with Crippen LogP contribution in [0.15, 0.2) is 48.7 Å². The van der Waals surface area contributed by atoms with E-state index in [2.05, 4.69) is 15.6 Å². The van der Waals surface area contributed by atoms with Gasteiger partial charge in [-0.05, 0) is 24.3 Å². The van der Waals surface area contributed by atoms with Crippen LogP contribution >= 0.6 is 0 Å². The van der Waals surface area contributed by atoms with Gasteiger partial charge in [-0.15, -0.1) is 0 Å². The lowest BCUT2D eigenvalue weighted by molar-refractivity contribution is -0.384. The van der Waals surface area contributed by atoms with Crippen molar-refractivity contribution in [3.63, 3.8) is 0 Å². The first-order chi connectivity index (χ1) is 10.2. The Hall–Kier alpha value is -2.96. The van der Waals surface area contributed by atoms with Crippen molar-refractivity contribution in [1.82, 2.24) is 10.3 Å². The smallest absolute Gasteiger partial charge is 0.269 e. The fraction of sp³-hybridized carbons (Fsp3) is 0.143. The molecule has 0 atom stereocenters. The highest BCUT2D eigenvalue weighted by molar-refractivity contribution is 5.92. The zero-order valence-corrected chi connectivity index (χ0v) is 11.2. The molecular weight excluding hydrogens is 272 g/mol. The van der Waals surface area contributed by atoms with Crippen molar-refractivity contribution in [2.75, 3.05) is 18.4 Å². The summed E-state index contributed by atoms with van der Waals surface area (Å²) in [5.41, 5.74) is 1.17. The van der Waals surface area contributed by atoms with Gasteiger partial charge in [-0.1, -0.05) is 6.07 Å². The molecule has 0 radical (unpaired) electrons. The molecule has 0 fully saturated rings. The fourth-order valence-electron chi connectivity index (χ4n) is 1.67. The lowest BCUT2D eigenvalue weighted by Gasteiger charge is -2.07. The number of aromatic nitrogens is 1. The fourth-order valence-corrected chi connectivity index (χ4v) is 1.67. The number of nitrogens with one attached hydrogen (secondary N) is 2. The molecule has 2 aromatic rings. The highest BCUT2D eigenvalue weighted by atomic mass is 16.6. The van der Waals surface area contributed by atoms with Gasteiger partial charge in [0.15, 0.2) is 0 Å². The second kappa shape index (κ2) is 6.99. The number of anilines is 1. The Labute approximate surface area is 121 Å². The third-order valence-electron chi connectivity index (χ3n) is 2.72. The van der Waals surface area contributed by atoms with Crippen molar-refractivity contribution in [1.29, 1.82) is 0 Å². The first kappa shape index (κ1) is 14.4. The second-order valence-electron chi connectivity index (χ2n) is 4.20. The summed E-state index contributed by atoms with van der Waals surface area (Å²) in [6, 6.07) is 11.2. The monoisotopic (exact) mass is 286 g/mol. The van der Waals surface area contributed by atoms with Gasteiger partial charge >= 0.3 is 0 Å². The molecule has 0 bridgehead atoms. The summed E-state index contributed by atoms with van der Waals surface area (Å²) in [5.74, 6) is -0.235. The number of non-ortho nitro benzene ring substituents is 1.